The first kappa shape index (κ1) is 22.0. The van der Waals surface area contributed by atoms with Crippen LogP contribution in [0.15, 0.2) is 36.2 Å². The standard InChI is InChI=1S/C20H25BFN3O5/c1-19(2)20(3,4)30-21(29-19)17(22)15(13-8-7-9-14(10-13)27-5)11-25-12-16(23-24-25)18(26)28-6/h7-10,12H,11H2,1-6H3. The molecule has 0 aliphatic carbocycles. The van der Waals surface area contributed by atoms with Crippen molar-refractivity contribution >= 4 is 18.7 Å². The van der Waals surface area contributed by atoms with Gasteiger partial charge < -0.3 is 18.8 Å². The number of methoxy groups -OCH3 is 2. The Labute approximate surface area is 175 Å². The molecule has 30 heavy (non-hydrogen) atoms. The third-order valence-electron chi connectivity index (χ3n) is 5.42. The van der Waals surface area contributed by atoms with Crippen LogP contribution in [0.2, 0.25) is 0 Å². The fraction of sp³-hybridized carbons (Fsp3) is 0.450. The fourth-order valence-electron chi connectivity index (χ4n) is 2.94. The van der Waals surface area contributed by atoms with Crippen LogP contribution in [0, 0.1) is 0 Å². The molecule has 0 atom stereocenters. The molecular formula is C20H25BFN3O5. The van der Waals surface area contributed by atoms with Crippen LogP contribution in [-0.2, 0) is 20.6 Å². The quantitative estimate of drug-likeness (QED) is 0.528. The average molecular weight is 417 g/mol. The molecule has 2 heterocycles. The second kappa shape index (κ2) is 8.19. The van der Waals surface area contributed by atoms with Gasteiger partial charge in [-0.2, -0.15) is 0 Å². The van der Waals surface area contributed by atoms with Crippen molar-refractivity contribution in [1.82, 2.24) is 15.0 Å². The lowest BCUT2D eigenvalue weighted by atomic mass is 9.82. The summed E-state index contributed by atoms with van der Waals surface area (Å²) in [6.07, 6.45) is 1.39. The number of aromatic nitrogens is 3. The maximum Gasteiger partial charge on any atom is 0.525 e. The van der Waals surface area contributed by atoms with Crippen molar-refractivity contribution in [3.8, 4) is 5.75 Å². The van der Waals surface area contributed by atoms with Gasteiger partial charge in [-0.1, -0.05) is 17.3 Å². The topological polar surface area (TPSA) is 84.7 Å². The molecule has 1 aromatic heterocycles. The minimum Gasteiger partial charge on any atom is -0.497 e. The molecular weight excluding hydrogens is 392 g/mol. The van der Waals surface area contributed by atoms with E-state index in [0.29, 0.717) is 11.3 Å². The number of hydrogen-bond donors (Lipinski definition) is 0. The summed E-state index contributed by atoms with van der Waals surface area (Å²) in [6.45, 7) is 7.40. The van der Waals surface area contributed by atoms with Gasteiger partial charge in [0.05, 0.1) is 38.2 Å². The van der Waals surface area contributed by atoms with E-state index in [9.17, 15) is 4.79 Å². The van der Waals surface area contributed by atoms with Gasteiger partial charge in [0.25, 0.3) is 0 Å². The molecule has 0 radical (unpaired) electrons. The molecule has 160 valence electrons. The number of esters is 1. The lowest BCUT2D eigenvalue weighted by Crippen LogP contribution is -2.41. The molecule has 1 aromatic carbocycles. The first-order valence-electron chi connectivity index (χ1n) is 9.45. The van der Waals surface area contributed by atoms with Gasteiger partial charge in [0.15, 0.2) is 5.69 Å². The lowest BCUT2D eigenvalue weighted by Gasteiger charge is -2.32. The molecule has 8 nitrogen and oxygen atoms in total. The largest absolute Gasteiger partial charge is 0.525 e. The zero-order chi connectivity index (χ0) is 22.1. The molecule has 10 heteroatoms. The molecule has 0 amide bonds. The number of rotatable bonds is 6. The van der Waals surface area contributed by atoms with Crippen LogP contribution in [0.5, 0.6) is 5.75 Å². The van der Waals surface area contributed by atoms with E-state index in [0.717, 1.165) is 0 Å². The van der Waals surface area contributed by atoms with Crippen LogP contribution in [0.1, 0.15) is 43.7 Å². The highest BCUT2D eigenvalue weighted by Gasteiger charge is 2.53. The van der Waals surface area contributed by atoms with Crippen LogP contribution >= 0.6 is 0 Å². The van der Waals surface area contributed by atoms with E-state index >= 15 is 4.39 Å². The Morgan fingerprint density at radius 3 is 2.47 bits per heavy atom. The molecule has 1 aliphatic rings. The van der Waals surface area contributed by atoms with Gasteiger partial charge in [0.2, 0.25) is 0 Å². The van der Waals surface area contributed by atoms with Gasteiger partial charge in [-0.25, -0.2) is 13.9 Å². The van der Waals surface area contributed by atoms with Crippen molar-refractivity contribution in [3.63, 3.8) is 0 Å². The zero-order valence-corrected chi connectivity index (χ0v) is 17.9. The highest BCUT2D eigenvalue weighted by molar-refractivity contribution is 6.55. The summed E-state index contributed by atoms with van der Waals surface area (Å²) in [5, 5.41) is 7.69. The van der Waals surface area contributed by atoms with E-state index in [1.807, 2.05) is 27.7 Å². The Kier molecular flexibility index (Phi) is 6.00. The van der Waals surface area contributed by atoms with E-state index in [2.05, 4.69) is 15.0 Å². The van der Waals surface area contributed by atoms with Crippen molar-refractivity contribution in [2.24, 2.45) is 0 Å². The lowest BCUT2D eigenvalue weighted by molar-refractivity contribution is 0.00578. The highest BCUT2D eigenvalue weighted by Crippen LogP contribution is 2.40. The Bertz CT molecular complexity index is 957. The van der Waals surface area contributed by atoms with Crippen molar-refractivity contribution < 1.29 is 28.0 Å². The number of nitrogens with zero attached hydrogens (tertiary/aromatic N) is 3. The van der Waals surface area contributed by atoms with E-state index in [1.165, 1.54) is 25.1 Å². The van der Waals surface area contributed by atoms with Gasteiger partial charge in [-0.3, -0.25) is 0 Å². The number of carbonyl (C=O) groups is 1. The summed E-state index contributed by atoms with van der Waals surface area (Å²) < 4.78 is 38.8. The highest BCUT2D eigenvalue weighted by atomic mass is 19.1. The molecule has 2 aromatic rings. The number of halogens is 1. The molecule has 0 bridgehead atoms. The molecule has 0 spiro atoms. The third kappa shape index (κ3) is 4.24. The molecule has 1 fully saturated rings. The van der Waals surface area contributed by atoms with Gasteiger partial charge >= 0.3 is 13.1 Å². The minimum atomic E-state index is -1.18. The summed E-state index contributed by atoms with van der Waals surface area (Å²) in [5.74, 6) is -0.0554. The number of carbonyl (C=O) groups excluding carboxylic acids is 1. The molecule has 3 rings (SSSR count). The summed E-state index contributed by atoms with van der Waals surface area (Å²) in [6, 6.07) is 6.98. The minimum absolute atomic E-state index is 0.00687. The van der Waals surface area contributed by atoms with Gasteiger partial charge in [0, 0.05) is 5.57 Å². The van der Waals surface area contributed by atoms with Crippen LogP contribution in [-0.4, -0.2) is 53.5 Å². The van der Waals surface area contributed by atoms with Crippen LogP contribution < -0.4 is 4.74 Å². The molecule has 1 saturated heterocycles. The molecule has 1 aliphatic heterocycles. The predicted octanol–water partition coefficient (Wildman–Crippen LogP) is 3.09. The monoisotopic (exact) mass is 417 g/mol. The summed E-state index contributed by atoms with van der Waals surface area (Å²) in [4.78, 5) is 11.7. The van der Waals surface area contributed by atoms with E-state index in [-0.39, 0.29) is 17.8 Å². The number of hydrogen-bond acceptors (Lipinski definition) is 7. The normalized spacial score (nSPS) is 18.2. The molecule has 0 N–H and O–H groups in total. The molecule has 0 saturated carbocycles. The SMILES string of the molecule is COC(=O)c1cn(CC(=C(F)B2OC(C)(C)C(C)(C)O2)c2cccc(OC)c2)nn1. The van der Waals surface area contributed by atoms with Crippen LogP contribution in [0.25, 0.3) is 5.57 Å². The first-order valence-corrected chi connectivity index (χ1v) is 9.45. The van der Waals surface area contributed by atoms with E-state index < -0.39 is 30.0 Å². The number of ether oxygens (including phenoxy) is 2. The zero-order valence-electron chi connectivity index (χ0n) is 17.9. The number of benzene rings is 1. The number of allylic oxidation sites excluding steroid dienone is 1. The summed E-state index contributed by atoms with van der Waals surface area (Å²) in [5.41, 5.74) is -1.11. The first-order chi connectivity index (χ1) is 14.1. The van der Waals surface area contributed by atoms with Gasteiger partial charge in [-0.05, 0) is 45.4 Å². The van der Waals surface area contributed by atoms with E-state index in [1.54, 1.807) is 24.3 Å². The second-order valence-corrected chi connectivity index (χ2v) is 7.94. The smallest absolute Gasteiger partial charge is 0.497 e. The van der Waals surface area contributed by atoms with E-state index in [4.69, 9.17) is 14.0 Å². The fourth-order valence-corrected chi connectivity index (χ4v) is 2.94. The summed E-state index contributed by atoms with van der Waals surface area (Å²) >= 11 is 0. The van der Waals surface area contributed by atoms with Crippen LogP contribution in [0.3, 0.4) is 0 Å². The maximum atomic E-state index is 15.7. The van der Waals surface area contributed by atoms with Crippen molar-refractivity contribution in [3.05, 3.63) is 47.4 Å². The Morgan fingerprint density at radius 1 is 1.20 bits per heavy atom. The molecule has 0 unspecified atom stereocenters. The maximum absolute atomic E-state index is 15.7. The average Bonchev–Trinajstić information content (AvgIpc) is 3.26. The Morgan fingerprint density at radius 2 is 1.87 bits per heavy atom. The third-order valence-corrected chi connectivity index (χ3v) is 5.42. The Hall–Kier alpha value is -2.72. The van der Waals surface area contributed by atoms with Gasteiger partial charge in [-0.15, -0.1) is 5.10 Å². The van der Waals surface area contributed by atoms with Crippen LogP contribution in [0.4, 0.5) is 4.39 Å². The second-order valence-electron chi connectivity index (χ2n) is 7.94. The summed E-state index contributed by atoms with van der Waals surface area (Å²) in [7, 11) is 1.60. The van der Waals surface area contributed by atoms with Crippen molar-refractivity contribution in [1.29, 1.82) is 0 Å². The van der Waals surface area contributed by atoms with Crippen molar-refractivity contribution in [2.75, 3.05) is 14.2 Å². The van der Waals surface area contributed by atoms with Crippen molar-refractivity contribution in [2.45, 2.75) is 45.4 Å². The Balaban J connectivity index is 2.02. The predicted molar refractivity (Wildman–Crippen MR) is 108 cm³/mol. The van der Waals surface area contributed by atoms with Gasteiger partial charge in [0.1, 0.15) is 11.5 Å².